The van der Waals surface area contributed by atoms with Gasteiger partial charge in [0.05, 0.1) is 23.3 Å². The molecule has 0 spiro atoms. The Morgan fingerprint density at radius 3 is 2.64 bits per heavy atom. The fourth-order valence-corrected chi connectivity index (χ4v) is 4.73. The van der Waals surface area contributed by atoms with Gasteiger partial charge in [0.1, 0.15) is 29.3 Å². The number of aromatic nitrogens is 5. The average Bonchev–Trinajstić information content (AvgIpc) is 3.34. The Morgan fingerprint density at radius 2 is 1.83 bits per heavy atom. The quantitative estimate of drug-likeness (QED) is 0.348. The highest BCUT2D eigenvalue weighted by Crippen LogP contribution is 2.31. The molecule has 1 aliphatic heterocycles. The molecule has 5 aromatic rings. The Labute approximate surface area is 202 Å². The van der Waals surface area contributed by atoms with Crippen molar-refractivity contribution in [3.05, 3.63) is 82.4 Å². The van der Waals surface area contributed by atoms with E-state index in [2.05, 4.69) is 30.6 Å². The van der Waals surface area contributed by atoms with Crippen molar-refractivity contribution in [2.75, 3.05) is 18.4 Å². The maximum Gasteiger partial charge on any atom is 0.261 e. The summed E-state index contributed by atoms with van der Waals surface area (Å²) in [7, 11) is 0. The van der Waals surface area contributed by atoms with Crippen molar-refractivity contribution in [3.8, 4) is 11.3 Å². The standard InChI is InChI=1S/C25H20F3N7O/c26-17-9-15(1-2-16(17)13-3-5-29-6-4-13)32-25-31-10-19(28)23(34-25)14-7-18(27)22-20(8-14)35-12-30-11-21(35)33-24(22)36/h1-2,7-13,29H,3-6H2,(H,33,36)(H,31,32,34). The summed E-state index contributed by atoms with van der Waals surface area (Å²) >= 11 is 0. The number of benzene rings is 2. The minimum Gasteiger partial charge on any atom is -0.324 e. The maximum absolute atomic E-state index is 15.0. The van der Waals surface area contributed by atoms with Crippen LogP contribution in [-0.4, -0.2) is 37.4 Å². The third-order valence-electron chi connectivity index (χ3n) is 6.49. The summed E-state index contributed by atoms with van der Waals surface area (Å²) in [6.07, 6.45) is 5.54. The van der Waals surface area contributed by atoms with Crippen LogP contribution in [0.4, 0.5) is 24.8 Å². The maximum atomic E-state index is 15.0. The molecular weight excluding hydrogens is 471 g/mol. The lowest BCUT2D eigenvalue weighted by Gasteiger charge is -2.23. The van der Waals surface area contributed by atoms with Crippen molar-refractivity contribution >= 4 is 28.2 Å². The molecule has 0 bridgehead atoms. The van der Waals surface area contributed by atoms with Crippen LogP contribution in [0.25, 0.3) is 27.8 Å². The van der Waals surface area contributed by atoms with E-state index in [0.29, 0.717) is 16.9 Å². The predicted octanol–water partition coefficient (Wildman–Crippen LogP) is 4.26. The van der Waals surface area contributed by atoms with Gasteiger partial charge in [-0.3, -0.25) is 9.20 Å². The van der Waals surface area contributed by atoms with Crippen LogP contribution in [0.1, 0.15) is 24.3 Å². The molecule has 1 saturated heterocycles. The highest BCUT2D eigenvalue weighted by atomic mass is 19.1. The van der Waals surface area contributed by atoms with E-state index in [-0.39, 0.29) is 39.8 Å². The number of piperidine rings is 1. The second-order valence-corrected chi connectivity index (χ2v) is 8.73. The fraction of sp³-hybridized carbons (Fsp3) is 0.200. The summed E-state index contributed by atoms with van der Waals surface area (Å²) in [5.41, 5.74) is 0.954. The molecule has 1 fully saturated rings. The molecule has 6 rings (SSSR count). The monoisotopic (exact) mass is 491 g/mol. The summed E-state index contributed by atoms with van der Waals surface area (Å²) in [6.45, 7) is 1.71. The van der Waals surface area contributed by atoms with Gasteiger partial charge in [0, 0.05) is 11.3 Å². The van der Waals surface area contributed by atoms with Gasteiger partial charge in [-0.2, -0.15) is 0 Å². The van der Waals surface area contributed by atoms with E-state index in [0.717, 1.165) is 38.2 Å². The van der Waals surface area contributed by atoms with Crippen LogP contribution in [0.3, 0.4) is 0 Å². The topological polar surface area (TPSA) is 100 Å². The molecule has 0 amide bonds. The number of H-pyrrole nitrogens is 1. The Hall–Kier alpha value is -4.25. The van der Waals surface area contributed by atoms with E-state index in [4.69, 9.17) is 0 Å². The van der Waals surface area contributed by atoms with Gasteiger partial charge in [-0.05, 0) is 61.7 Å². The van der Waals surface area contributed by atoms with Crippen molar-refractivity contribution in [2.24, 2.45) is 0 Å². The SMILES string of the molecule is O=c1[nH]c2cncn2c2cc(-c3nc(Nc4ccc(C5CCNCC5)c(F)c4)ncc3F)cc(F)c12. The van der Waals surface area contributed by atoms with Crippen molar-refractivity contribution in [1.82, 2.24) is 29.7 Å². The molecule has 3 N–H and O–H groups in total. The van der Waals surface area contributed by atoms with E-state index in [9.17, 15) is 18.0 Å². The molecule has 2 aromatic carbocycles. The van der Waals surface area contributed by atoms with Crippen LogP contribution < -0.4 is 16.2 Å². The Morgan fingerprint density at radius 1 is 1.00 bits per heavy atom. The lowest BCUT2D eigenvalue weighted by molar-refractivity contribution is 0.445. The first kappa shape index (κ1) is 22.2. The molecule has 0 unspecified atom stereocenters. The molecule has 8 nitrogen and oxygen atoms in total. The number of rotatable bonds is 4. The van der Waals surface area contributed by atoms with E-state index < -0.39 is 17.2 Å². The highest BCUT2D eigenvalue weighted by Gasteiger charge is 2.20. The number of aromatic amines is 1. The minimum atomic E-state index is -0.831. The molecule has 3 aromatic heterocycles. The van der Waals surface area contributed by atoms with E-state index in [1.54, 1.807) is 12.1 Å². The van der Waals surface area contributed by atoms with Crippen molar-refractivity contribution in [2.45, 2.75) is 18.8 Å². The van der Waals surface area contributed by atoms with Gasteiger partial charge >= 0.3 is 0 Å². The number of imidazole rings is 1. The van der Waals surface area contributed by atoms with Crippen LogP contribution in [0, 0.1) is 17.5 Å². The van der Waals surface area contributed by atoms with Crippen LogP contribution >= 0.6 is 0 Å². The Balaban J connectivity index is 1.36. The third kappa shape index (κ3) is 3.87. The molecule has 11 heteroatoms. The smallest absolute Gasteiger partial charge is 0.261 e. The molecule has 0 aliphatic carbocycles. The fourth-order valence-electron chi connectivity index (χ4n) is 4.73. The largest absolute Gasteiger partial charge is 0.324 e. The molecule has 0 saturated carbocycles. The number of halogens is 3. The Kier molecular flexibility index (Phi) is 5.41. The highest BCUT2D eigenvalue weighted by molar-refractivity contribution is 5.86. The van der Waals surface area contributed by atoms with E-state index in [1.165, 1.54) is 29.1 Å². The zero-order chi connectivity index (χ0) is 24.8. The third-order valence-corrected chi connectivity index (χ3v) is 6.49. The summed E-state index contributed by atoms with van der Waals surface area (Å²) in [5, 5.41) is 5.98. The summed E-state index contributed by atoms with van der Waals surface area (Å²) in [4.78, 5) is 27.0. The van der Waals surface area contributed by atoms with Crippen molar-refractivity contribution < 1.29 is 13.2 Å². The number of hydrogen-bond acceptors (Lipinski definition) is 6. The zero-order valence-corrected chi connectivity index (χ0v) is 18.9. The summed E-state index contributed by atoms with van der Waals surface area (Å²) < 4.78 is 46.0. The average molecular weight is 491 g/mol. The van der Waals surface area contributed by atoms with Gasteiger partial charge in [-0.1, -0.05) is 6.07 Å². The van der Waals surface area contributed by atoms with Crippen molar-refractivity contribution in [1.29, 1.82) is 0 Å². The van der Waals surface area contributed by atoms with E-state index in [1.807, 2.05) is 0 Å². The molecule has 1 aliphatic rings. The van der Waals surface area contributed by atoms with Crippen LogP contribution in [-0.2, 0) is 0 Å². The lowest BCUT2D eigenvalue weighted by atomic mass is 9.90. The zero-order valence-electron chi connectivity index (χ0n) is 18.9. The van der Waals surface area contributed by atoms with Gasteiger partial charge < -0.3 is 15.6 Å². The Bertz CT molecular complexity index is 1670. The first-order chi connectivity index (χ1) is 17.5. The van der Waals surface area contributed by atoms with Gasteiger partial charge in [-0.25, -0.2) is 28.1 Å². The molecule has 0 atom stereocenters. The van der Waals surface area contributed by atoms with Crippen molar-refractivity contribution in [3.63, 3.8) is 0 Å². The first-order valence-electron chi connectivity index (χ1n) is 11.5. The minimum absolute atomic E-state index is 0.0135. The molecular formula is C25H20F3N7O. The molecule has 4 heterocycles. The molecule has 36 heavy (non-hydrogen) atoms. The summed E-state index contributed by atoms with van der Waals surface area (Å²) in [5.74, 6) is -1.77. The van der Waals surface area contributed by atoms with Crippen LogP contribution in [0.5, 0.6) is 0 Å². The normalized spacial score (nSPS) is 14.5. The number of hydrogen-bond donors (Lipinski definition) is 3. The first-order valence-corrected chi connectivity index (χ1v) is 11.5. The number of nitrogens with one attached hydrogen (secondary N) is 3. The molecule has 0 radical (unpaired) electrons. The van der Waals surface area contributed by atoms with Gasteiger partial charge in [0.15, 0.2) is 5.82 Å². The molecule has 182 valence electrons. The van der Waals surface area contributed by atoms with Gasteiger partial charge in [0.2, 0.25) is 5.95 Å². The van der Waals surface area contributed by atoms with Gasteiger partial charge in [-0.15, -0.1) is 0 Å². The number of anilines is 2. The predicted molar refractivity (Wildman–Crippen MR) is 129 cm³/mol. The number of fused-ring (bicyclic) bond motifs is 3. The van der Waals surface area contributed by atoms with Gasteiger partial charge in [0.25, 0.3) is 5.56 Å². The van der Waals surface area contributed by atoms with Crippen LogP contribution in [0.2, 0.25) is 0 Å². The second kappa shape index (κ2) is 8.76. The van der Waals surface area contributed by atoms with E-state index >= 15 is 0 Å². The number of nitrogens with zero attached hydrogens (tertiary/aromatic N) is 4. The second-order valence-electron chi connectivity index (χ2n) is 8.73. The van der Waals surface area contributed by atoms with Crippen LogP contribution in [0.15, 0.2) is 53.8 Å². The lowest BCUT2D eigenvalue weighted by Crippen LogP contribution is -2.27. The summed E-state index contributed by atoms with van der Waals surface area (Å²) in [6, 6.07) is 7.34.